The summed E-state index contributed by atoms with van der Waals surface area (Å²) in [6.45, 7) is 1.75. The van der Waals surface area contributed by atoms with E-state index in [0.29, 0.717) is 5.71 Å². The number of nitrogens with zero attached hydrogens (tertiary/aromatic N) is 1. The molecule has 0 bridgehead atoms. The van der Waals surface area contributed by atoms with Crippen LogP contribution in [-0.2, 0) is 4.84 Å². The fourth-order valence-electron chi connectivity index (χ4n) is 0.971. The quantitative estimate of drug-likeness (QED) is 0.481. The maximum atomic E-state index is 10.7. The van der Waals surface area contributed by atoms with Gasteiger partial charge in [-0.15, -0.1) is 0 Å². The van der Waals surface area contributed by atoms with E-state index in [4.69, 9.17) is 0 Å². The molecule has 1 aromatic carbocycles. The van der Waals surface area contributed by atoms with Crippen LogP contribution in [0, 0.1) is 0 Å². The molecule has 0 fully saturated rings. The molecule has 0 aliphatic rings. The molecule has 0 radical (unpaired) electrons. The first-order valence-electron chi connectivity index (χ1n) is 4.89. The van der Waals surface area contributed by atoms with Crippen molar-refractivity contribution in [2.24, 2.45) is 5.16 Å². The van der Waals surface area contributed by atoms with E-state index < -0.39 is 6.09 Å². The van der Waals surface area contributed by atoms with Gasteiger partial charge in [0.1, 0.15) is 0 Å². The Bertz CT molecular complexity index is 397. The highest BCUT2D eigenvalue weighted by Gasteiger charge is 1.94. The molecule has 0 heterocycles. The van der Waals surface area contributed by atoms with Crippen molar-refractivity contribution in [1.29, 1.82) is 0 Å². The van der Waals surface area contributed by atoms with Crippen LogP contribution >= 0.6 is 0 Å². The van der Waals surface area contributed by atoms with Crippen molar-refractivity contribution >= 4 is 17.9 Å². The van der Waals surface area contributed by atoms with Crippen molar-refractivity contribution in [3.8, 4) is 0 Å². The average Bonchev–Trinajstić information content (AvgIpc) is 2.34. The van der Waals surface area contributed by atoms with Gasteiger partial charge in [0.2, 0.25) is 0 Å². The Kier molecular flexibility index (Phi) is 4.79. The molecule has 1 N–H and O–H groups in total. The highest BCUT2D eigenvalue weighted by Crippen LogP contribution is 2.01. The van der Waals surface area contributed by atoms with E-state index >= 15 is 0 Å². The lowest BCUT2D eigenvalue weighted by atomic mass is 10.2. The number of rotatable bonds is 3. The first-order valence-corrected chi connectivity index (χ1v) is 4.89. The van der Waals surface area contributed by atoms with Gasteiger partial charge in [-0.25, -0.2) is 4.79 Å². The van der Waals surface area contributed by atoms with E-state index in [1.165, 1.54) is 7.05 Å². The third-order valence-corrected chi connectivity index (χ3v) is 1.79. The summed E-state index contributed by atoms with van der Waals surface area (Å²) in [5.41, 5.74) is 1.68. The second-order valence-corrected chi connectivity index (χ2v) is 3.11. The van der Waals surface area contributed by atoms with Crippen LogP contribution in [0.2, 0.25) is 0 Å². The van der Waals surface area contributed by atoms with E-state index in [0.717, 1.165) is 5.56 Å². The maximum absolute atomic E-state index is 10.7. The molecule has 1 amide bonds. The summed E-state index contributed by atoms with van der Waals surface area (Å²) in [4.78, 5) is 15.3. The minimum absolute atomic E-state index is 0.576. The Labute approximate surface area is 94.6 Å². The van der Waals surface area contributed by atoms with Gasteiger partial charge in [-0.05, 0) is 18.6 Å². The number of amides is 1. The van der Waals surface area contributed by atoms with Crippen molar-refractivity contribution in [3.05, 3.63) is 42.0 Å². The Balaban J connectivity index is 2.54. The second-order valence-electron chi connectivity index (χ2n) is 3.11. The Hall–Kier alpha value is -2.10. The van der Waals surface area contributed by atoms with Crippen LogP contribution in [0.4, 0.5) is 4.79 Å². The smallest absolute Gasteiger partial charge is 0.323 e. The maximum Gasteiger partial charge on any atom is 0.433 e. The molecule has 0 aliphatic heterocycles. The molecule has 4 heteroatoms. The van der Waals surface area contributed by atoms with Crippen LogP contribution < -0.4 is 5.32 Å². The van der Waals surface area contributed by atoms with Gasteiger partial charge in [-0.1, -0.05) is 41.6 Å². The van der Waals surface area contributed by atoms with Gasteiger partial charge in [0.05, 0.1) is 5.71 Å². The van der Waals surface area contributed by atoms with Crippen LogP contribution in [0.3, 0.4) is 0 Å². The van der Waals surface area contributed by atoms with Crippen molar-refractivity contribution in [2.75, 3.05) is 7.05 Å². The fraction of sp³-hybridized carbons (Fsp3) is 0.167. The lowest BCUT2D eigenvalue weighted by Gasteiger charge is -1.95. The van der Waals surface area contributed by atoms with Crippen LogP contribution in [0.15, 0.2) is 41.6 Å². The summed E-state index contributed by atoms with van der Waals surface area (Å²) in [6.07, 6.45) is 3.09. The van der Waals surface area contributed by atoms with Gasteiger partial charge >= 0.3 is 6.09 Å². The van der Waals surface area contributed by atoms with E-state index in [1.54, 1.807) is 13.0 Å². The van der Waals surface area contributed by atoms with Crippen molar-refractivity contribution in [1.82, 2.24) is 5.32 Å². The summed E-state index contributed by atoms with van der Waals surface area (Å²) >= 11 is 0. The summed E-state index contributed by atoms with van der Waals surface area (Å²) in [7, 11) is 1.48. The van der Waals surface area contributed by atoms with E-state index in [9.17, 15) is 4.79 Å². The molecule has 0 unspecified atom stereocenters. The van der Waals surface area contributed by atoms with Crippen LogP contribution in [0.1, 0.15) is 12.5 Å². The first kappa shape index (κ1) is 12.0. The highest BCUT2D eigenvalue weighted by atomic mass is 16.7. The minimum atomic E-state index is -0.576. The van der Waals surface area contributed by atoms with E-state index in [1.807, 2.05) is 36.4 Å². The SMILES string of the molecule is CNC(=O)ON=C(C)C=Cc1ccccc1. The molecule has 16 heavy (non-hydrogen) atoms. The third kappa shape index (κ3) is 4.41. The third-order valence-electron chi connectivity index (χ3n) is 1.79. The lowest BCUT2D eigenvalue weighted by Crippen LogP contribution is -2.17. The largest absolute Gasteiger partial charge is 0.433 e. The molecule has 84 valence electrons. The van der Waals surface area contributed by atoms with Crippen molar-refractivity contribution in [3.63, 3.8) is 0 Å². The number of hydrogen-bond donors (Lipinski definition) is 1. The number of allylic oxidation sites excluding steroid dienone is 1. The zero-order valence-electron chi connectivity index (χ0n) is 9.31. The van der Waals surface area contributed by atoms with Gasteiger partial charge < -0.3 is 5.32 Å². The monoisotopic (exact) mass is 218 g/mol. The number of carbonyl (C=O) groups is 1. The Morgan fingerprint density at radius 1 is 1.38 bits per heavy atom. The van der Waals surface area contributed by atoms with Gasteiger partial charge in [0, 0.05) is 7.05 Å². The summed E-state index contributed by atoms with van der Waals surface area (Å²) in [5.74, 6) is 0. The molecule has 1 rings (SSSR count). The lowest BCUT2D eigenvalue weighted by molar-refractivity contribution is 0.153. The highest BCUT2D eigenvalue weighted by molar-refractivity contribution is 5.96. The van der Waals surface area contributed by atoms with Gasteiger partial charge in [-0.3, -0.25) is 4.84 Å². The predicted octanol–water partition coefficient (Wildman–Crippen LogP) is 2.43. The average molecular weight is 218 g/mol. The minimum Gasteiger partial charge on any atom is -0.323 e. The second kappa shape index (κ2) is 6.40. The molecule has 4 nitrogen and oxygen atoms in total. The number of carbonyl (C=O) groups excluding carboxylic acids is 1. The van der Waals surface area contributed by atoms with Crippen LogP contribution in [0.5, 0.6) is 0 Å². The zero-order chi connectivity index (χ0) is 11.8. The van der Waals surface area contributed by atoms with E-state index in [-0.39, 0.29) is 0 Å². The summed E-state index contributed by atoms with van der Waals surface area (Å²) in [6, 6.07) is 9.81. The molecule has 0 atom stereocenters. The Morgan fingerprint density at radius 3 is 2.69 bits per heavy atom. The van der Waals surface area contributed by atoms with Gasteiger partial charge in [-0.2, -0.15) is 0 Å². The standard InChI is InChI=1S/C12H14N2O2/c1-10(14-16-12(15)13-2)8-9-11-6-4-3-5-7-11/h3-9H,1-2H3,(H,13,15). The molecule has 0 saturated carbocycles. The van der Waals surface area contributed by atoms with Crippen molar-refractivity contribution < 1.29 is 9.63 Å². The summed E-state index contributed by atoms with van der Waals surface area (Å²) in [5, 5.41) is 5.93. The molecule has 0 spiro atoms. The zero-order valence-corrected chi connectivity index (χ0v) is 9.31. The molecule has 0 saturated heterocycles. The molecular weight excluding hydrogens is 204 g/mol. The molecule has 0 aromatic heterocycles. The van der Waals surface area contributed by atoms with Gasteiger partial charge in [0.25, 0.3) is 0 Å². The number of benzene rings is 1. The predicted molar refractivity (Wildman–Crippen MR) is 64.1 cm³/mol. The topological polar surface area (TPSA) is 50.7 Å². The molecule has 1 aromatic rings. The Morgan fingerprint density at radius 2 is 2.06 bits per heavy atom. The summed E-state index contributed by atoms with van der Waals surface area (Å²) < 4.78 is 0. The number of oxime groups is 1. The first-order chi connectivity index (χ1) is 7.72. The van der Waals surface area contributed by atoms with Crippen molar-refractivity contribution in [2.45, 2.75) is 6.92 Å². The van der Waals surface area contributed by atoms with E-state index in [2.05, 4.69) is 15.3 Å². The van der Waals surface area contributed by atoms with Crippen LogP contribution in [-0.4, -0.2) is 18.9 Å². The number of hydrogen-bond acceptors (Lipinski definition) is 3. The normalized spacial score (nSPS) is 11.5. The molecule has 0 aliphatic carbocycles. The molecular formula is C12H14N2O2. The van der Waals surface area contributed by atoms with Crippen LogP contribution in [0.25, 0.3) is 6.08 Å². The number of nitrogens with one attached hydrogen (secondary N) is 1. The van der Waals surface area contributed by atoms with Gasteiger partial charge in [0.15, 0.2) is 0 Å². The fourth-order valence-corrected chi connectivity index (χ4v) is 0.971.